The number of hydrogen-bond acceptors (Lipinski definition) is 5. The molecule has 0 aromatic carbocycles. The summed E-state index contributed by atoms with van der Waals surface area (Å²) in [5, 5.41) is 12.1. The molecule has 0 spiro atoms. The van der Waals surface area contributed by atoms with Crippen molar-refractivity contribution in [1.29, 1.82) is 0 Å². The van der Waals surface area contributed by atoms with E-state index in [0.29, 0.717) is 13.1 Å². The van der Waals surface area contributed by atoms with Gasteiger partial charge in [0.1, 0.15) is 11.6 Å². The number of amides is 2. The second kappa shape index (κ2) is 6.90. The zero-order chi connectivity index (χ0) is 19.0. The van der Waals surface area contributed by atoms with Crippen LogP contribution in [-0.2, 0) is 13.5 Å². The van der Waals surface area contributed by atoms with E-state index >= 15 is 0 Å². The zero-order valence-corrected chi connectivity index (χ0v) is 15.9. The second-order valence-electron chi connectivity index (χ2n) is 6.72. The van der Waals surface area contributed by atoms with E-state index in [9.17, 15) is 4.79 Å². The van der Waals surface area contributed by atoms with Crippen molar-refractivity contribution in [3.63, 3.8) is 0 Å². The molecule has 0 saturated carbocycles. The van der Waals surface area contributed by atoms with E-state index in [1.54, 1.807) is 15.4 Å². The first-order chi connectivity index (χ1) is 13.1. The molecule has 9 nitrogen and oxygen atoms in total. The molecule has 0 aliphatic carbocycles. The molecule has 1 aliphatic heterocycles. The molecule has 0 bridgehead atoms. The van der Waals surface area contributed by atoms with Crippen LogP contribution in [-0.4, -0.2) is 61.5 Å². The molecule has 142 valence electrons. The fourth-order valence-corrected chi connectivity index (χ4v) is 3.49. The maximum absolute atomic E-state index is 12.7. The highest BCUT2D eigenvalue weighted by Gasteiger charge is 2.24. The molecule has 3 aromatic rings. The lowest BCUT2D eigenvalue weighted by molar-refractivity contribution is 0.208. The van der Waals surface area contributed by atoms with Gasteiger partial charge in [-0.05, 0) is 25.5 Å². The van der Waals surface area contributed by atoms with Gasteiger partial charge in [0.2, 0.25) is 0 Å². The standard InChI is InChI=1S/C18H24N8O/c1-4-14-13(2)17(23(3)21-14)20-18(27)25-11-9-24(10-12-25)16-6-5-15-19-7-8-26(15)22-16/h5-8H,4,9-12H2,1-3H3,(H,20,27). The largest absolute Gasteiger partial charge is 0.352 e. The molecule has 2 amide bonds. The number of imidazole rings is 1. The Morgan fingerprint density at radius 1 is 1.19 bits per heavy atom. The first-order valence-corrected chi connectivity index (χ1v) is 9.20. The molecule has 0 atom stereocenters. The average Bonchev–Trinajstić information content (AvgIpc) is 3.26. The summed E-state index contributed by atoms with van der Waals surface area (Å²) in [6, 6.07) is 3.85. The van der Waals surface area contributed by atoms with E-state index < -0.39 is 0 Å². The highest BCUT2D eigenvalue weighted by molar-refractivity contribution is 5.89. The molecule has 1 fully saturated rings. The van der Waals surface area contributed by atoms with Crippen LogP contribution < -0.4 is 10.2 Å². The van der Waals surface area contributed by atoms with Gasteiger partial charge in [0, 0.05) is 51.2 Å². The van der Waals surface area contributed by atoms with Gasteiger partial charge in [-0.1, -0.05) is 6.92 Å². The van der Waals surface area contributed by atoms with Crippen LogP contribution in [0.4, 0.5) is 16.4 Å². The van der Waals surface area contributed by atoms with Gasteiger partial charge in [-0.15, -0.1) is 5.10 Å². The van der Waals surface area contributed by atoms with E-state index in [0.717, 1.165) is 48.1 Å². The van der Waals surface area contributed by atoms with Crippen molar-refractivity contribution in [3.8, 4) is 0 Å². The maximum atomic E-state index is 12.7. The highest BCUT2D eigenvalue weighted by atomic mass is 16.2. The van der Waals surface area contributed by atoms with Crippen LogP contribution in [0.5, 0.6) is 0 Å². The minimum absolute atomic E-state index is 0.0820. The maximum Gasteiger partial charge on any atom is 0.323 e. The van der Waals surface area contributed by atoms with Gasteiger partial charge in [0.05, 0.1) is 5.69 Å². The number of anilines is 2. The highest BCUT2D eigenvalue weighted by Crippen LogP contribution is 2.20. The summed E-state index contributed by atoms with van der Waals surface area (Å²) >= 11 is 0. The van der Waals surface area contributed by atoms with Gasteiger partial charge in [-0.2, -0.15) is 5.10 Å². The monoisotopic (exact) mass is 368 g/mol. The summed E-state index contributed by atoms with van der Waals surface area (Å²) in [4.78, 5) is 20.9. The fourth-order valence-electron chi connectivity index (χ4n) is 3.49. The Hall–Kier alpha value is -3.10. The number of piperazine rings is 1. The smallest absolute Gasteiger partial charge is 0.323 e. The lowest BCUT2D eigenvalue weighted by Gasteiger charge is -2.35. The molecule has 4 rings (SSSR count). The van der Waals surface area contributed by atoms with E-state index in [2.05, 4.69) is 32.3 Å². The quantitative estimate of drug-likeness (QED) is 0.761. The first-order valence-electron chi connectivity index (χ1n) is 9.20. The molecule has 27 heavy (non-hydrogen) atoms. The van der Waals surface area contributed by atoms with Gasteiger partial charge in [0.25, 0.3) is 0 Å². The molecule has 3 aromatic heterocycles. The van der Waals surface area contributed by atoms with Crippen molar-refractivity contribution in [2.45, 2.75) is 20.3 Å². The molecular weight excluding hydrogens is 344 g/mol. The number of aryl methyl sites for hydroxylation is 2. The van der Waals surface area contributed by atoms with Gasteiger partial charge in [-0.25, -0.2) is 14.3 Å². The van der Waals surface area contributed by atoms with Crippen LogP contribution in [0.1, 0.15) is 18.2 Å². The predicted octanol–water partition coefficient (Wildman–Crippen LogP) is 1.69. The van der Waals surface area contributed by atoms with Crippen molar-refractivity contribution in [2.75, 3.05) is 36.4 Å². The molecule has 4 heterocycles. The third kappa shape index (κ3) is 3.20. The zero-order valence-electron chi connectivity index (χ0n) is 15.9. The van der Waals surface area contributed by atoms with Crippen LogP contribution in [0.2, 0.25) is 0 Å². The Kier molecular flexibility index (Phi) is 4.43. The van der Waals surface area contributed by atoms with Gasteiger partial charge in [-0.3, -0.25) is 10.00 Å². The topological polar surface area (TPSA) is 83.6 Å². The Balaban J connectivity index is 1.40. The number of aromatic nitrogens is 5. The molecule has 1 N–H and O–H groups in total. The van der Waals surface area contributed by atoms with Gasteiger partial charge < -0.3 is 9.80 Å². The minimum atomic E-state index is -0.0820. The average molecular weight is 368 g/mol. The summed E-state index contributed by atoms with van der Waals surface area (Å²) < 4.78 is 3.51. The minimum Gasteiger partial charge on any atom is -0.352 e. The summed E-state index contributed by atoms with van der Waals surface area (Å²) in [7, 11) is 1.86. The molecule has 9 heteroatoms. The summed E-state index contributed by atoms with van der Waals surface area (Å²) in [5.74, 6) is 1.67. The number of rotatable bonds is 3. The SMILES string of the molecule is CCc1nn(C)c(NC(=O)N2CCN(c3ccc4nccn4n3)CC2)c1C. The Morgan fingerprint density at radius 2 is 1.96 bits per heavy atom. The summed E-state index contributed by atoms with van der Waals surface area (Å²) in [6.45, 7) is 6.84. The lowest BCUT2D eigenvalue weighted by atomic mass is 10.2. The lowest BCUT2D eigenvalue weighted by Crippen LogP contribution is -2.50. The Morgan fingerprint density at radius 3 is 2.67 bits per heavy atom. The van der Waals surface area contributed by atoms with Gasteiger partial charge >= 0.3 is 6.03 Å². The van der Waals surface area contributed by atoms with E-state index in [4.69, 9.17) is 0 Å². The predicted molar refractivity (Wildman–Crippen MR) is 103 cm³/mol. The third-order valence-electron chi connectivity index (χ3n) is 5.07. The van der Waals surface area contributed by atoms with Gasteiger partial charge in [0.15, 0.2) is 5.65 Å². The van der Waals surface area contributed by atoms with Crippen LogP contribution in [0.15, 0.2) is 24.5 Å². The summed E-state index contributed by atoms with van der Waals surface area (Å²) in [6.07, 6.45) is 4.42. The molecule has 1 aliphatic rings. The number of fused-ring (bicyclic) bond motifs is 1. The Labute approximate surface area is 157 Å². The first kappa shape index (κ1) is 17.3. The Bertz CT molecular complexity index is 967. The van der Waals surface area contributed by atoms with Crippen molar-refractivity contribution >= 4 is 23.3 Å². The van der Waals surface area contributed by atoms with Crippen LogP contribution in [0, 0.1) is 6.92 Å². The fraction of sp³-hybridized carbons (Fsp3) is 0.444. The molecule has 0 radical (unpaired) electrons. The third-order valence-corrected chi connectivity index (χ3v) is 5.07. The van der Waals surface area contributed by atoms with E-state index in [-0.39, 0.29) is 6.03 Å². The number of nitrogens with zero attached hydrogens (tertiary/aromatic N) is 7. The number of urea groups is 1. The van der Waals surface area contributed by atoms with Crippen molar-refractivity contribution in [2.24, 2.45) is 7.05 Å². The van der Waals surface area contributed by atoms with E-state index in [1.807, 2.05) is 37.2 Å². The van der Waals surface area contributed by atoms with Crippen LogP contribution >= 0.6 is 0 Å². The second-order valence-corrected chi connectivity index (χ2v) is 6.72. The summed E-state index contributed by atoms with van der Waals surface area (Å²) in [5.41, 5.74) is 2.87. The number of nitrogens with one attached hydrogen (secondary N) is 1. The molecule has 1 saturated heterocycles. The van der Waals surface area contributed by atoms with Crippen molar-refractivity contribution < 1.29 is 4.79 Å². The number of carbonyl (C=O) groups is 1. The van der Waals surface area contributed by atoms with Crippen LogP contribution in [0.25, 0.3) is 5.65 Å². The van der Waals surface area contributed by atoms with Crippen molar-refractivity contribution in [1.82, 2.24) is 29.3 Å². The molecular formula is C18H24N8O. The number of carbonyl (C=O) groups excluding carboxylic acids is 1. The normalized spacial score (nSPS) is 14.8. The molecule has 0 unspecified atom stereocenters. The van der Waals surface area contributed by atoms with Crippen molar-refractivity contribution in [3.05, 3.63) is 35.8 Å². The number of hydrogen-bond donors (Lipinski definition) is 1. The van der Waals surface area contributed by atoms with Crippen LogP contribution in [0.3, 0.4) is 0 Å². The van der Waals surface area contributed by atoms with E-state index in [1.165, 1.54) is 0 Å².